The molecule has 0 spiro atoms. The van der Waals surface area contributed by atoms with Crippen molar-refractivity contribution in [3.05, 3.63) is 77.4 Å². The molecule has 0 saturated heterocycles. The van der Waals surface area contributed by atoms with Crippen LogP contribution in [0.1, 0.15) is 54.5 Å². The second kappa shape index (κ2) is 14.9. The molecule has 2 aliphatic rings. The first kappa shape index (κ1) is 33.9. The second-order valence-corrected chi connectivity index (χ2v) is 13.3. The number of carbonyl (C=O) groups excluding carboxylic acids is 1. The summed E-state index contributed by atoms with van der Waals surface area (Å²) in [6.45, 7) is 0.358. The van der Waals surface area contributed by atoms with Crippen LogP contribution in [0.15, 0.2) is 60.7 Å². The second-order valence-electron chi connectivity index (χ2n) is 11.1. The van der Waals surface area contributed by atoms with Gasteiger partial charge in [-0.1, -0.05) is 48.6 Å². The van der Waals surface area contributed by atoms with E-state index in [2.05, 4.69) is 10.6 Å². The Morgan fingerprint density at radius 2 is 1.86 bits per heavy atom. The molecule has 3 N–H and O–H groups in total. The zero-order valence-electron chi connectivity index (χ0n) is 24.8. The maximum absolute atomic E-state index is 13.7. The predicted octanol–water partition coefficient (Wildman–Crippen LogP) is 3.81. The summed E-state index contributed by atoms with van der Waals surface area (Å²) >= 11 is 0. The fourth-order valence-electron chi connectivity index (χ4n) is 5.60. The Kier molecular flexibility index (Phi) is 11.5. The van der Waals surface area contributed by atoms with Gasteiger partial charge in [-0.25, -0.2) is 8.42 Å². The van der Waals surface area contributed by atoms with Crippen LogP contribution in [0.25, 0.3) is 0 Å². The van der Waals surface area contributed by atoms with Crippen LogP contribution in [0.2, 0.25) is 0 Å². The molecule has 5 atom stereocenters. The Morgan fingerprint density at radius 1 is 1.11 bits per heavy atom. The minimum atomic E-state index is -4.67. The van der Waals surface area contributed by atoms with E-state index in [9.17, 15) is 31.5 Å². The first-order valence-corrected chi connectivity index (χ1v) is 16.2. The van der Waals surface area contributed by atoms with Crippen molar-refractivity contribution in [1.82, 2.24) is 14.9 Å². The topological polar surface area (TPSA) is 117 Å². The standard InChI is InChI=1S/C31H40F3N3O6S/c1-37(44(40,41)16-14-31(32,33)34)27-11-7-4-8-15-43-29-19-25(24-18-22(42-2)12-13-23(24)29)35-20-28(38)26(36-30(27)39)17-21-9-5-3-6-10-21/h3-6,8-10,12-13,18,25-29,35,38H,7,11,14-17,19-20H2,1-2H3,(H,36,39)/b8-4-/t25-,26-,27-,28+,29+/m0/s1. The van der Waals surface area contributed by atoms with E-state index in [-0.39, 0.29) is 44.6 Å². The number of nitrogens with zero attached hydrogens (tertiary/aromatic N) is 1. The first-order valence-electron chi connectivity index (χ1n) is 14.6. The van der Waals surface area contributed by atoms with Gasteiger partial charge in [0.2, 0.25) is 15.9 Å². The molecule has 0 aromatic heterocycles. The number of halogens is 3. The van der Waals surface area contributed by atoms with Crippen LogP contribution in [0.5, 0.6) is 5.75 Å². The van der Waals surface area contributed by atoms with Gasteiger partial charge in [0.05, 0.1) is 44.1 Å². The lowest BCUT2D eigenvalue weighted by atomic mass is 9.99. The van der Waals surface area contributed by atoms with E-state index in [4.69, 9.17) is 9.47 Å². The van der Waals surface area contributed by atoms with Gasteiger partial charge in [0, 0.05) is 19.6 Å². The number of hydrogen-bond donors (Lipinski definition) is 3. The maximum atomic E-state index is 13.7. The van der Waals surface area contributed by atoms with Crippen molar-refractivity contribution in [1.29, 1.82) is 0 Å². The van der Waals surface area contributed by atoms with Crippen LogP contribution >= 0.6 is 0 Å². The summed E-state index contributed by atoms with van der Waals surface area (Å²) < 4.78 is 76.7. The van der Waals surface area contributed by atoms with E-state index in [0.717, 1.165) is 28.0 Å². The van der Waals surface area contributed by atoms with Gasteiger partial charge in [-0.15, -0.1) is 0 Å². The van der Waals surface area contributed by atoms with E-state index in [1.54, 1.807) is 19.3 Å². The minimum Gasteiger partial charge on any atom is -0.497 e. The number of β-amino-alcohol motifs (C(OH)–C–C–N with tert-alkyl or cyclic N) is 1. The molecule has 0 radical (unpaired) electrons. The molecule has 0 saturated carbocycles. The summed E-state index contributed by atoms with van der Waals surface area (Å²) in [5.74, 6) is -1.18. The summed E-state index contributed by atoms with van der Waals surface area (Å²) in [5.41, 5.74) is 2.83. The van der Waals surface area contributed by atoms with Gasteiger partial charge in [-0.3, -0.25) is 4.79 Å². The summed E-state index contributed by atoms with van der Waals surface area (Å²) in [7, 11) is -1.72. The van der Waals surface area contributed by atoms with Gasteiger partial charge in [0.1, 0.15) is 11.8 Å². The van der Waals surface area contributed by atoms with Crippen LogP contribution in [-0.4, -0.2) is 81.2 Å². The van der Waals surface area contributed by atoms with Crippen molar-refractivity contribution in [2.24, 2.45) is 0 Å². The lowest BCUT2D eigenvalue weighted by Crippen LogP contribution is -2.55. The normalized spacial score (nSPS) is 26.2. The van der Waals surface area contributed by atoms with Crippen molar-refractivity contribution in [2.75, 3.05) is 33.1 Å². The largest absolute Gasteiger partial charge is 0.497 e. The number of rotatable bonds is 7. The molecule has 1 amide bonds. The minimum absolute atomic E-state index is 0.0185. The van der Waals surface area contributed by atoms with Gasteiger partial charge >= 0.3 is 6.18 Å². The molecule has 4 rings (SSSR count). The third kappa shape index (κ3) is 9.04. The number of ether oxygens (including phenoxy) is 2. The van der Waals surface area contributed by atoms with Crippen LogP contribution in [0, 0.1) is 0 Å². The molecule has 1 aliphatic carbocycles. The van der Waals surface area contributed by atoms with Gasteiger partial charge in [0.25, 0.3) is 0 Å². The number of fused-ring (bicyclic) bond motifs is 5. The SMILES string of the molecule is COc1ccc2c(c1)[C@@H]1C[C@H]2OC/C=C\CC[C@H](N(C)S(=O)(=O)CCC(F)(F)F)C(=O)N[C@@H](Cc2ccccc2)[C@H](O)CN1. The fourth-order valence-corrected chi connectivity index (χ4v) is 6.97. The highest BCUT2D eigenvalue weighted by Gasteiger charge is 2.37. The number of likely N-dealkylation sites (N-methyl/N-ethyl adjacent to an activating group) is 1. The number of aliphatic hydroxyl groups is 1. The smallest absolute Gasteiger partial charge is 0.390 e. The molecule has 1 heterocycles. The average Bonchev–Trinajstić information content (AvgIpc) is 3.34. The van der Waals surface area contributed by atoms with E-state index >= 15 is 0 Å². The zero-order chi connectivity index (χ0) is 31.9. The van der Waals surface area contributed by atoms with Crippen molar-refractivity contribution >= 4 is 15.9 Å². The Labute approximate surface area is 256 Å². The highest BCUT2D eigenvalue weighted by atomic mass is 32.2. The molecular formula is C31H40F3N3O6S. The predicted molar refractivity (Wildman–Crippen MR) is 160 cm³/mol. The molecular weight excluding hydrogens is 599 g/mol. The van der Waals surface area contributed by atoms with E-state index in [1.165, 1.54) is 0 Å². The quantitative estimate of drug-likeness (QED) is 0.395. The lowest BCUT2D eigenvalue weighted by Gasteiger charge is -2.31. The third-order valence-electron chi connectivity index (χ3n) is 8.12. The Morgan fingerprint density at radius 3 is 2.57 bits per heavy atom. The molecule has 242 valence electrons. The molecule has 0 unspecified atom stereocenters. The highest BCUT2D eigenvalue weighted by molar-refractivity contribution is 7.89. The van der Waals surface area contributed by atoms with Gasteiger partial charge < -0.3 is 25.2 Å². The Bertz CT molecular complexity index is 1390. The number of nitrogens with one attached hydrogen (secondary N) is 2. The van der Waals surface area contributed by atoms with Crippen molar-refractivity contribution in [3.8, 4) is 5.75 Å². The number of benzene rings is 2. The van der Waals surface area contributed by atoms with Crippen molar-refractivity contribution in [2.45, 2.75) is 68.6 Å². The van der Waals surface area contributed by atoms with E-state index in [0.29, 0.717) is 12.2 Å². The van der Waals surface area contributed by atoms with Crippen LogP contribution in [0.3, 0.4) is 0 Å². The number of hydrogen-bond acceptors (Lipinski definition) is 7. The number of methoxy groups -OCH3 is 1. The summed E-state index contributed by atoms with van der Waals surface area (Å²) in [6, 6.07) is 12.7. The number of carbonyl (C=O) groups is 1. The van der Waals surface area contributed by atoms with E-state index < -0.39 is 52.5 Å². The molecule has 9 nitrogen and oxygen atoms in total. The van der Waals surface area contributed by atoms with Crippen LogP contribution < -0.4 is 15.4 Å². The van der Waals surface area contributed by atoms with Gasteiger partial charge in [0.15, 0.2) is 0 Å². The van der Waals surface area contributed by atoms with Crippen molar-refractivity contribution < 1.29 is 41.0 Å². The summed E-state index contributed by atoms with van der Waals surface area (Å²) in [4.78, 5) is 13.7. The highest BCUT2D eigenvalue weighted by Crippen LogP contribution is 2.42. The number of allylic oxidation sites excluding steroid dienone is 1. The first-order chi connectivity index (χ1) is 20.9. The van der Waals surface area contributed by atoms with Crippen molar-refractivity contribution in [3.63, 3.8) is 0 Å². The number of aliphatic hydroxyl groups excluding tert-OH is 1. The maximum Gasteiger partial charge on any atom is 0.390 e. The third-order valence-corrected chi connectivity index (χ3v) is 9.97. The average molecular weight is 640 g/mol. The Balaban J connectivity index is 1.62. The number of amides is 1. The fraction of sp³-hybridized carbons (Fsp3) is 0.516. The molecule has 0 fully saturated rings. The molecule has 2 aromatic rings. The zero-order valence-corrected chi connectivity index (χ0v) is 25.6. The Hall–Kier alpha value is -2.97. The van der Waals surface area contributed by atoms with Crippen LogP contribution in [-0.2, 0) is 26.0 Å². The summed E-state index contributed by atoms with van der Waals surface area (Å²) in [5, 5.41) is 17.6. The summed E-state index contributed by atoms with van der Waals surface area (Å²) in [6.07, 6.45) is -2.78. The molecule has 13 heteroatoms. The number of sulfonamides is 1. The van der Waals surface area contributed by atoms with E-state index in [1.807, 2.05) is 48.5 Å². The van der Waals surface area contributed by atoms with Crippen LogP contribution in [0.4, 0.5) is 13.2 Å². The molecule has 44 heavy (non-hydrogen) atoms. The number of alkyl halides is 3. The monoisotopic (exact) mass is 639 g/mol. The van der Waals surface area contributed by atoms with Gasteiger partial charge in [-0.2, -0.15) is 17.5 Å². The molecule has 2 aromatic carbocycles. The molecule has 1 aliphatic heterocycles. The molecule has 2 bridgehead atoms. The lowest BCUT2D eigenvalue weighted by molar-refractivity contribution is -0.130. The van der Waals surface area contributed by atoms with Gasteiger partial charge in [-0.05, 0) is 54.5 Å².